The minimum Gasteiger partial charge on any atom is -0.456 e. The molecule has 0 radical (unpaired) electrons. The van der Waals surface area contributed by atoms with Crippen molar-refractivity contribution in [3.05, 3.63) is 88.4 Å². The van der Waals surface area contributed by atoms with Gasteiger partial charge in [-0.2, -0.15) is 0 Å². The molecule has 1 aromatic heterocycles. The maximum atomic E-state index is 12.5. The molecular formula is C27H31NO2. The van der Waals surface area contributed by atoms with E-state index in [0.29, 0.717) is 12.2 Å². The van der Waals surface area contributed by atoms with E-state index < -0.39 is 0 Å². The molecule has 0 unspecified atom stereocenters. The highest BCUT2D eigenvalue weighted by Crippen LogP contribution is 2.46. The Kier molecular flexibility index (Phi) is 5.09. The largest absolute Gasteiger partial charge is 0.456 e. The van der Waals surface area contributed by atoms with Gasteiger partial charge in [0.25, 0.3) is 5.91 Å². The number of anilines is 1. The zero-order valence-electron chi connectivity index (χ0n) is 18.6. The van der Waals surface area contributed by atoms with Gasteiger partial charge in [0.2, 0.25) is 0 Å². The van der Waals surface area contributed by atoms with Crippen LogP contribution in [0, 0.1) is 6.92 Å². The fraction of sp³-hybridized carbons (Fsp3) is 0.370. The van der Waals surface area contributed by atoms with E-state index in [0.717, 1.165) is 11.4 Å². The van der Waals surface area contributed by atoms with Gasteiger partial charge in [0.15, 0.2) is 5.76 Å². The molecule has 1 heterocycles. The lowest BCUT2D eigenvalue weighted by Gasteiger charge is -2.42. The molecule has 3 nitrogen and oxygen atoms in total. The Hall–Kier alpha value is -2.81. The van der Waals surface area contributed by atoms with E-state index in [1.807, 2.05) is 36.4 Å². The monoisotopic (exact) mass is 401 g/mol. The summed E-state index contributed by atoms with van der Waals surface area (Å²) >= 11 is 0. The number of hydrogen-bond acceptors (Lipinski definition) is 2. The van der Waals surface area contributed by atoms with Crippen LogP contribution in [-0.2, 0) is 17.3 Å². The SMILES string of the molecule is Cc1cc2c(cc1Cc1ccc(C(=O)Nc3ccccc3)o1)C(C)(C)CCC2(C)C. The summed E-state index contributed by atoms with van der Waals surface area (Å²) < 4.78 is 5.90. The van der Waals surface area contributed by atoms with Gasteiger partial charge in [-0.3, -0.25) is 4.79 Å². The Labute approximate surface area is 179 Å². The molecule has 3 heteroatoms. The van der Waals surface area contributed by atoms with E-state index in [1.165, 1.54) is 35.1 Å². The lowest BCUT2D eigenvalue weighted by molar-refractivity contribution is 0.0995. The summed E-state index contributed by atoms with van der Waals surface area (Å²) in [6.45, 7) is 11.6. The van der Waals surface area contributed by atoms with Crippen LogP contribution in [0.1, 0.15) is 79.1 Å². The Bertz CT molecular complexity index is 1070. The molecule has 2 aromatic carbocycles. The number of fused-ring (bicyclic) bond motifs is 1. The fourth-order valence-corrected chi connectivity index (χ4v) is 4.45. The van der Waals surface area contributed by atoms with E-state index in [-0.39, 0.29) is 16.7 Å². The molecule has 1 N–H and O–H groups in total. The Balaban J connectivity index is 1.58. The third-order valence-corrected chi connectivity index (χ3v) is 6.59. The van der Waals surface area contributed by atoms with Gasteiger partial charge in [0, 0.05) is 12.1 Å². The van der Waals surface area contributed by atoms with Crippen LogP contribution in [0.2, 0.25) is 0 Å². The van der Waals surface area contributed by atoms with Gasteiger partial charge >= 0.3 is 0 Å². The zero-order valence-corrected chi connectivity index (χ0v) is 18.6. The number of hydrogen-bond donors (Lipinski definition) is 1. The molecule has 1 aliphatic rings. The van der Waals surface area contributed by atoms with Gasteiger partial charge in [-0.1, -0.05) is 58.0 Å². The summed E-state index contributed by atoms with van der Waals surface area (Å²) in [4.78, 5) is 12.5. The van der Waals surface area contributed by atoms with Crippen molar-refractivity contribution in [3.8, 4) is 0 Å². The summed E-state index contributed by atoms with van der Waals surface area (Å²) in [5.41, 5.74) is 6.62. The molecule has 1 amide bonds. The Morgan fingerprint density at radius 2 is 1.57 bits per heavy atom. The predicted molar refractivity (Wildman–Crippen MR) is 122 cm³/mol. The van der Waals surface area contributed by atoms with Crippen molar-refractivity contribution in [1.29, 1.82) is 0 Å². The summed E-state index contributed by atoms with van der Waals surface area (Å²) in [6.07, 6.45) is 3.10. The summed E-state index contributed by atoms with van der Waals surface area (Å²) in [6, 6.07) is 17.8. The molecule has 0 aliphatic heterocycles. The highest BCUT2D eigenvalue weighted by molar-refractivity contribution is 6.02. The van der Waals surface area contributed by atoms with Crippen molar-refractivity contribution in [2.75, 3.05) is 5.32 Å². The second kappa shape index (κ2) is 7.46. The summed E-state index contributed by atoms with van der Waals surface area (Å²) in [5.74, 6) is 0.924. The first-order valence-corrected chi connectivity index (χ1v) is 10.8. The number of rotatable bonds is 4. The van der Waals surface area contributed by atoms with Crippen molar-refractivity contribution in [3.63, 3.8) is 0 Å². The fourth-order valence-electron chi connectivity index (χ4n) is 4.45. The quantitative estimate of drug-likeness (QED) is 0.523. The second-order valence-corrected chi connectivity index (χ2v) is 9.85. The number of aryl methyl sites for hydroxylation is 1. The average Bonchev–Trinajstić information content (AvgIpc) is 3.16. The lowest BCUT2D eigenvalue weighted by Crippen LogP contribution is -2.34. The first-order chi connectivity index (χ1) is 14.2. The van der Waals surface area contributed by atoms with E-state index in [1.54, 1.807) is 6.07 Å². The first-order valence-electron chi connectivity index (χ1n) is 10.8. The van der Waals surface area contributed by atoms with Crippen LogP contribution in [0.25, 0.3) is 0 Å². The van der Waals surface area contributed by atoms with Crippen molar-refractivity contribution >= 4 is 11.6 Å². The number of furan rings is 1. The Morgan fingerprint density at radius 1 is 0.933 bits per heavy atom. The van der Waals surface area contributed by atoms with Crippen LogP contribution in [0.3, 0.4) is 0 Å². The topological polar surface area (TPSA) is 42.2 Å². The minimum absolute atomic E-state index is 0.178. The molecule has 0 atom stereocenters. The Morgan fingerprint density at radius 3 is 2.23 bits per heavy atom. The van der Waals surface area contributed by atoms with Gasteiger partial charge in [-0.15, -0.1) is 0 Å². The number of nitrogens with one attached hydrogen (secondary N) is 1. The van der Waals surface area contributed by atoms with Crippen LogP contribution in [0.4, 0.5) is 5.69 Å². The van der Waals surface area contributed by atoms with Crippen LogP contribution in [-0.4, -0.2) is 5.91 Å². The number of carbonyl (C=O) groups is 1. The molecule has 0 spiro atoms. The van der Waals surface area contributed by atoms with Crippen LogP contribution in [0.5, 0.6) is 0 Å². The smallest absolute Gasteiger partial charge is 0.291 e. The molecule has 3 aromatic rings. The van der Waals surface area contributed by atoms with E-state index in [4.69, 9.17) is 4.42 Å². The molecule has 0 saturated heterocycles. The van der Waals surface area contributed by atoms with E-state index >= 15 is 0 Å². The van der Waals surface area contributed by atoms with Crippen molar-refractivity contribution in [1.82, 2.24) is 0 Å². The van der Waals surface area contributed by atoms with Gasteiger partial charge in [0.1, 0.15) is 5.76 Å². The third kappa shape index (κ3) is 3.94. The third-order valence-electron chi connectivity index (χ3n) is 6.59. The van der Waals surface area contributed by atoms with Gasteiger partial charge in [-0.05, 0) is 77.1 Å². The maximum absolute atomic E-state index is 12.5. The maximum Gasteiger partial charge on any atom is 0.291 e. The normalized spacial score (nSPS) is 16.7. The van der Waals surface area contributed by atoms with Crippen LogP contribution >= 0.6 is 0 Å². The number of benzene rings is 2. The van der Waals surface area contributed by atoms with Crippen molar-refractivity contribution in [2.24, 2.45) is 0 Å². The van der Waals surface area contributed by atoms with Crippen LogP contribution in [0.15, 0.2) is 59.0 Å². The first kappa shape index (κ1) is 20.5. The molecule has 0 bridgehead atoms. The molecule has 0 fully saturated rings. The van der Waals surface area contributed by atoms with Gasteiger partial charge in [-0.25, -0.2) is 0 Å². The van der Waals surface area contributed by atoms with Gasteiger partial charge < -0.3 is 9.73 Å². The zero-order chi connectivity index (χ0) is 21.5. The van der Waals surface area contributed by atoms with E-state index in [9.17, 15) is 4.79 Å². The highest BCUT2D eigenvalue weighted by Gasteiger charge is 2.37. The number of para-hydroxylation sites is 1. The summed E-state index contributed by atoms with van der Waals surface area (Å²) in [5, 5.41) is 2.87. The molecule has 156 valence electrons. The van der Waals surface area contributed by atoms with Gasteiger partial charge in [0.05, 0.1) is 0 Å². The summed E-state index contributed by atoms with van der Waals surface area (Å²) in [7, 11) is 0. The molecular weight excluding hydrogens is 370 g/mol. The lowest BCUT2D eigenvalue weighted by atomic mass is 9.62. The average molecular weight is 402 g/mol. The molecule has 30 heavy (non-hydrogen) atoms. The molecule has 4 rings (SSSR count). The molecule has 1 aliphatic carbocycles. The van der Waals surface area contributed by atoms with Crippen molar-refractivity contribution < 1.29 is 9.21 Å². The minimum atomic E-state index is -0.225. The predicted octanol–water partition coefficient (Wildman–Crippen LogP) is 6.78. The highest BCUT2D eigenvalue weighted by atomic mass is 16.3. The number of amides is 1. The van der Waals surface area contributed by atoms with E-state index in [2.05, 4.69) is 52.1 Å². The van der Waals surface area contributed by atoms with Crippen molar-refractivity contribution in [2.45, 2.75) is 64.7 Å². The standard InChI is InChI=1S/C27H31NO2/c1-18-15-22-23(27(4,5)14-13-26(22,2)3)17-19(18)16-21-11-12-24(30-21)25(29)28-20-9-7-6-8-10-20/h6-12,15,17H,13-14,16H2,1-5H3,(H,28,29). The van der Waals surface area contributed by atoms with Crippen LogP contribution < -0.4 is 5.32 Å². The second-order valence-electron chi connectivity index (χ2n) is 9.85. The number of carbonyl (C=O) groups excluding carboxylic acids is 1. The molecule has 0 saturated carbocycles.